The Kier molecular flexibility index (Phi) is 7.99. The van der Waals surface area contributed by atoms with Crippen molar-refractivity contribution >= 4 is 21.5 Å². The highest BCUT2D eigenvalue weighted by Gasteiger charge is 2.53. The van der Waals surface area contributed by atoms with Gasteiger partial charge in [-0.25, -0.2) is 0 Å². The van der Waals surface area contributed by atoms with Gasteiger partial charge in [0.05, 0.1) is 24.4 Å². The lowest BCUT2D eigenvalue weighted by atomic mass is 9.71. The first-order valence-electron chi connectivity index (χ1n) is 17.2. The van der Waals surface area contributed by atoms with E-state index in [0.717, 1.165) is 38.6 Å². The Balaban J connectivity index is 1.62. The van der Waals surface area contributed by atoms with Gasteiger partial charge in [-0.15, -0.1) is 0 Å². The first kappa shape index (κ1) is 31.2. The molecule has 1 fully saturated rings. The first-order chi connectivity index (χ1) is 20.9. The molecule has 1 spiro atoms. The Morgan fingerprint density at radius 2 is 1.41 bits per heavy atom. The van der Waals surface area contributed by atoms with Gasteiger partial charge in [-0.2, -0.15) is 4.57 Å². The number of hydrogen-bond acceptors (Lipinski definition) is 2. The minimum absolute atomic E-state index is 0.0590. The van der Waals surface area contributed by atoms with Crippen molar-refractivity contribution in [1.29, 1.82) is 0 Å². The third kappa shape index (κ3) is 5.09. The van der Waals surface area contributed by atoms with Crippen LogP contribution in [0.15, 0.2) is 66.9 Å². The zero-order chi connectivity index (χ0) is 31.5. The van der Waals surface area contributed by atoms with E-state index < -0.39 is 5.60 Å². The van der Waals surface area contributed by atoms with Gasteiger partial charge < -0.3 is 9.47 Å². The molecule has 0 N–H and O–H groups in total. The molecular weight excluding hydrogens is 538 g/mol. The van der Waals surface area contributed by atoms with Crippen molar-refractivity contribution < 1.29 is 14.0 Å². The van der Waals surface area contributed by atoms with Gasteiger partial charge in [0.2, 0.25) is 5.69 Å². The number of aromatic nitrogens is 1. The molecule has 1 saturated heterocycles. The SMILES string of the molecule is CCC(C)(CC)C1CC(C(C)(CC)CC)OC2(CO1)C[n+]1ccc(C(C)(C)C)cc1-c1cc3c(ccc4ccccc43)cc12. The third-order valence-corrected chi connectivity index (χ3v) is 12.1. The average molecular weight is 593 g/mol. The molecule has 0 bridgehead atoms. The van der Waals surface area contributed by atoms with Crippen molar-refractivity contribution in [2.75, 3.05) is 6.61 Å². The Labute approximate surface area is 266 Å². The normalized spacial score (nSPS) is 22.7. The molecule has 6 rings (SSSR count). The van der Waals surface area contributed by atoms with Crippen molar-refractivity contribution in [3.63, 3.8) is 0 Å². The van der Waals surface area contributed by atoms with Gasteiger partial charge in [0.1, 0.15) is 0 Å². The predicted octanol–water partition coefficient (Wildman–Crippen LogP) is 10.3. The number of benzene rings is 3. The summed E-state index contributed by atoms with van der Waals surface area (Å²) in [4.78, 5) is 0. The molecule has 3 heterocycles. The van der Waals surface area contributed by atoms with Gasteiger partial charge in [0.25, 0.3) is 0 Å². The van der Waals surface area contributed by atoms with Gasteiger partial charge in [0, 0.05) is 24.1 Å². The lowest BCUT2D eigenvalue weighted by Crippen LogP contribution is -2.56. The fourth-order valence-corrected chi connectivity index (χ4v) is 7.77. The average Bonchev–Trinajstić information content (AvgIpc) is 3.24. The largest absolute Gasteiger partial charge is 0.374 e. The molecule has 3 aromatic carbocycles. The van der Waals surface area contributed by atoms with E-state index in [9.17, 15) is 0 Å². The zero-order valence-corrected chi connectivity index (χ0v) is 28.7. The molecule has 2 aliphatic rings. The van der Waals surface area contributed by atoms with Gasteiger partial charge in [0.15, 0.2) is 18.3 Å². The highest BCUT2D eigenvalue weighted by molar-refractivity contribution is 6.09. The molecule has 234 valence electrons. The van der Waals surface area contributed by atoms with E-state index in [2.05, 4.69) is 134 Å². The summed E-state index contributed by atoms with van der Waals surface area (Å²) in [5.74, 6) is 0. The van der Waals surface area contributed by atoms with Gasteiger partial charge in [-0.1, -0.05) is 98.7 Å². The molecule has 0 amide bonds. The first-order valence-corrected chi connectivity index (χ1v) is 17.2. The van der Waals surface area contributed by atoms with Crippen molar-refractivity contribution in [3.05, 3.63) is 78.0 Å². The molecule has 2 aliphatic heterocycles. The molecule has 1 aromatic heterocycles. The van der Waals surface area contributed by atoms with Crippen LogP contribution in [0.3, 0.4) is 0 Å². The summed E-state index contributed by atoms with van der Waals surface area (Å²) in [5.41, 5.74) is 4.84. The van der Waals surface area contributed by atoms with Crippen LogP contribution < -0.4 is 4.57 Å². The second kappa shape index (κ2) is 11.2. The lowest BCUT2D eigenvalue weighted by Gasteiger charge is -2.43. The summed E-state index contributed by atoms with van der Waals surface area (Å²) in [6.45, 7) is 22.4. The molecular formula is C41H54NO2+. The smallest absolute Gasteiger partial charge is 0.213 e. The number of nitrogens with zero attached hydrogens (tertiary/aromatic N) is 1. The maximum atomic E-state index is 7.67. The summed E-state index contributed by atoms with van der Waals surface area (Å²) in [5, 5.41) is 5.14. The van der Waals surface area contributed by atoms with Crippen molar-refractivity contribution in [2.45, 2.75) is 124 Å². The summed E-state index contributed by atoms with van der Waals surface area (Å²) in [6.07, 6.45) is 7.86. The van der Waals surface area contributed by atoms with Crippen LogP contribution in [-0.4, -0.2) is 18.8 Å². The number of fused-ring (bicyclic) bond motifs is 7. The van der Waals surface area contributed by atoms with Crippen LogP contribution in [0.2, 0.25) is 0 Å². The summed E-state index contributed by atoms with van der Waals surface area (Å²) in [7, 11) is 0. The number of pyridine rings is 1. The topological polar surface area (TPSA) is 22.3 Å². The van der Waals surface area contributed by atoms with Crippen molar-refractivity contribution in [1.82, 2.24) is 0 Å². The Bertz CT molecular complexity index is 1670. The highest BCUT2D eigenvalue weighted by atomic mass is 16.6. The molecule has 4 aromatic rings. The third-order valence-electron chi connectivity index (χ3n) is 12.1. The molecule has 3 atom stereocenters. The zero-order valence-electron chi connectivity index (χ0n) is 28.7. The number of rotatable bonds is 6. The van der Waals surface area contributed by atoms with Crippen LogP contribution in [0.1, 0.15) is 106 Å². The molecule has 3 unspecified atom stereocenters. The molecule has 3 heteroatoms. The Morgan fingerprint density at radius 1 is 0.750 bits per heavy atom. The van der Waals surface area contributed by atoms with Crippen LogP contribution >= 0.6 is 0 Å². The summed E-state index contributed by atoms with van der Waals surface area (Å²) < 4.78 is 17.3. The number of ether oxygens (including phenoxy) is 2. The van der Waals surface area contributed by atoms with Crippen molar-refractivity contribution in [3.8, 4) is 11.3 Å². The Hall–Kier alpha value is -2.75. The Morgan fingerprint density at radius 3 is 2.09 bits per heavy atom. The van der Waals surface area contributed by atoms with Crippen molar-refractivity contribution in [2.24, 2.45) is 10.8 Å². The van der Waals surface area contributed by atoms with E-state index in [1.165, 1.54) is 43.9 Å². The molecule has 0 saturated carbocycles. The van der Waals surface area contributed by atoms with E-state index in [0.29, 0.717) is 6.61 Å². The molecule has 0 radical (unpaired) electrons. The number of hydrogen-bond donors (Lipinski definition) is 0. The quantitative estimate of drug-likeness (QED) is 0.164. The minimum Gasteiger partial charge on any atom is -0.374 e. The monoisotopic (exact) mass is 592 g/mol. The van der Waals surface area contributed by atoms with E-state index in [4.69, 9.17) is 9.47 Å². The standard InChI is InChI=1S/C41H54NO2/c1-10-39(8,11-2)36-25-37(40(9,12-3)13-4)44-41(27-43-36)26-42-21-20-30(38(5,6)7)23-35(42)33-24-32-29(22-34(33)41)19-18-28-16-14-15-17-31(28)32/h14-24,36-37H,10-13,25-27H2,1-9H3/q+1. The fourth-order valence-electron chi connectivity index (χ4n) is 7.77. The van der Waals surface area contributed by atoms with Crippen LogP contribution in [0, 0.1) is 10.8 Å². The second-order valence-electron chi connectivity index (χ2n) is 15.4. The van der Waals surface area contributed by atoms with E-state index in [1.807, 2.05) is 0 Å². The maximum absolute atomic E-state index is 7.67. The van der Waals surface area contributed by atoms with E-state index in [-0.39, 0.29) is 28.5 Å². The van der Waals surface area contributed by atoms with Crippen LogP contribution in [0.25, 0.3) is 32.8 Å². The molecule has 0 aliphatic carbocycles. The van der Waals surface area contributed by atoms with Gasteiger partial charge in [-0.05, 0) is 81.2 Å². The lowest BCUT2D eigenvalue weighted by molar-refractivity contribution is -0.706. The van der Waals surface area contributed by atoms with E-state index in [1.54, 1.807) is 0 Å². The van der Waals surface area contributed by atoms with Crippen LogP contribution in [0.4, 0.5) is 0 Å². The highest BCUT2D eigenvalue weighted by Crippen LogP contribution is 2.50. The predicted molar refractivity (Wildman–Crippen MR) is 184 cm³/mol. The van der Waals surface area contributed by atoms with Crippen LogP contribution in [0.5, 0.6) is 0 Å². The van der Waals surface area contributed by atoms with Gasteiger partial charge in [-0.3, -0.25) is 0 Å². The summed E-state index contributed by atoms with van der Waals surface area (Å²) in [6, 6.07) is 23.0. The van der Waals surface area contributed by atoms with Gasteiger partial charge >= 0.3 is 0 Å². The minimum atomic E-state index is -0.580. The molecule has 44 heavy (non-hydrogen) atoms. The molecule has 3 nitrogen and oxygen atoms in total. The second-order valence-corrected chi connectivity index (χ2v) is 15.4. The summed E-state index contributed by atoms with van der Waals surface area (Å²) >= 11 is 0. The van der Waals surface area contributed by atoms with Crippen LogP contribution in [-0.2, 0) is 27.0 Å². The fraction of sp³-hybridized carbons (Fsp3) is 0.537. The van der Waals surface area contributed by atoms with E-state index >= 15 is 0 Å². The maximum Gasteiger partial charge on any atom is 0.213 e.